The Morgan fingerprint density at radius 1 is 1.38 bits per heavy atom. The van der Waals surface area contributed by atoms with Crippen molar-refractivity contribution in [2.24, 2.45) is 0 Å². The number of methoxy groups -OCH3 is 1. The van der Waals surface area contributed by atoms with Gasteiger partial charge in [-0.2, -0.15) is 5.26 Å². The molecule has 0 unspecified atom stereocenters. The maximum absolute atomic E-state index is 8.72. The minimum Gasteiger partial charge on any atom is -0.496 e. The highest BCUT2D eigenvalue weighted by Crippen LogP contribution is 2.26. The molecule has 0 atom stereocenters. The highest BCUT2D eigenvalue weighted by atomic mass is 16.5. The maximum atomic E-state index is 8.72. The minimum atomic E-state index is 0.378. The fraction of sp³-hybridized carbons (Fsp3) is 0.364. The van der Waals surface area contributed by atoms with Gasteiger partial charge in [-0.05, 0) is 29.7 Å². The van der Waals surface area contributed by atoms with Gasteiger partial charge >= 0.3 is 0 Å². The third-order valence-corrected chi connectivity index (χ3v) is 1.98. The zero-order valence-corrected chi connectivity index (χ0v) is 8.16. The molecule has 2 heteroatoms. The Kier molecular flexibility index (Phi) is 2.92. The van der Waals surface area contributed by atoms with E-state index in [0.717, 1.165) is 11.3 Å². The zero-order chi connectivity index (χ0) is 9.84. The van der Waals surface area contributed by atoms with E-state index >= 15 is 0 Å². The van der Waals surface area contributed by atoms with E-state index in [-0.39, 0.29) is 0 Å². The van der Waals surface area contributed by atoms with E-state index in [4.69, 9.17) is 10.00 Å². The van der Waals surface area contributed by atoms with Gasteiger partial charge in [0.05, 0.1) is 18.7 Å². The third kappa shape index (κ3) is 2.00. The first-order chi connectivity index (χ1) is 6.19. The van der Waals surface area contributed by atoms with Crippen molar-refractivity contribution in [2.75, 3.05) is 7.11 Å². The molecule has 1 aromatic carbocycles. The van der Waals surface area contributed by atoms with Gasteiger partial charge < -0.3 is 4.74 Å². The van der Waals surface area contributed by atoms with E-state index in [1.54, 1.807) is 13.2 Å². The van der Waals surface area contributed by atoms with Crippen LogP contribution < -0.4 is 4.74 Å². The summed E-state index contributed by atoms with van der Waals surface area (Å²) in [5.74, 6) is 1.23. The predicted molar refractivity (Wildman–Crippen MR) is 51.8 cm³/mol. The number of hydrogen-bond acceptors (Lipinski definition) is 2. The number of ether oxygens (including phenoxy) is 1. The summed E-state index contributed by atoms with van der Waals surface area (Å²) >= 11 is 0. The standard InChI is InChI=1S/C11H13NO/c1-8(2)10-6-9(7-12)4-5-11(10)13-3/h4-6,8H,1-3H3. The molecule has 0 heterocycles. The summed E-state index contributed by atoms with van der Waals surface area (Å²) in [5, 5.41) is 8.72. The summed E-state index contributed by atoms with van der Waals surface area (Å²) in [6.07, 6.45) is 0. The van der Waals surface area contributed by atoms with Crippen LogP contribution in [0.4, 0.5) is 0 Å². The Labute approximate surface area is 78.8 Å². The van der Waals surface area contributed by atoms with E-state index in [1.807, 2.05) is 12.1 Å². The average molecular weight is 175 g/mol. The van der Waals surface area contributed by atoms with Gasteiger partial charge in [0.1, 0.15) is 5.75 Å². The highest BCUT2D eigenvalue weighted by Gasteiger charge is 2.07. The normalized spacial score (nSPS) is 9.77. The van der Waals surface area contributed by atoms with Gasteiger partial charge in [-0.3, -0.25) is 0 Å². The fourth-order valence-corrected chi connectivity index (χ4v) is 1.26. The Morgan fingerprint density at radius 2 is 2.08 bits per heavy atom. The van der Waals surface area contributed by atoms with Crippen LogP contribution in [0.15, 0.2) is 18.2 Å². The molecule has 1 rings (SSSR count). The predicted octanol–water partition coefficient (Wildman–Crippen LogP) is 2.69. The van der Waals surface area contributed by atoms with E-state index in [0.29, 0.717) is 11.5 Å². The van der Waals surface area contributed by atoms with E-state index < -0.39 is 0 Å². The van der Waals surface area contributed by atoms with E-state index in [2.05, 4.69) is 19.9 Å². The summed E-state index contributed by atoms with van der Waals surface area (Å²) in [6, 6.07) is 7.61. The van der Waals surface area contributed by atoms with Crippen LogP contribution >= 0.6 is 0 Å². The average Bonchev–Trinajstić information content (AvgIpc) is 2.16. The van der Waals surface area contributed by atoms with Crippen molar-refractivity contribution >= 4 is 0 Å². The van der Waals surface area contributed by atoms with Crippen molar-refractivity contribution in [3.05, 3.63) is 29.3 Å². The lowest BCUT2D eigenvalue weighted by Gasteiger charge is -2.11. The van der Waals surface area contributed by atoms with Crippen LogP contribution in [0, 0.1) is 11.3 Å². The van der Waals surface area contributed by atoms with Crippen LogP contribution in [0.1, 0.15) is 30.9 Å². The molecule has 0 aliphatic rings. The molecule has 0 saturated carbocycles. The second-order valence-corrected chi connectivity index (χ2v) is 3.22. The topological polar surface area (TPSA) is 33.0 Å². The SMILES string of the molecule is COc1ccc(C#N)cc1C(C)C. The number of hydrogen-bond donors (Lipinski definition) is 0. The quantitative estimate of drug-likeness (QED) is 0.692. The van der Waals surface area contributed by atoms with Crippen molar-refractivity contribution in [3.63, 3.8) is 0 Å². The minimum absolute atomic E-state index is 0.378. The molecule has 68 valence electrons. The Balaban J connectivity index is 3.20. The molecule has 0 amide bonds. The van der Waals surface area contributed by atoms with Crippen molar-refractivity contribution in [2.45, 2.75) is 19.8 Å². The van der Waals surface area contributed by atoms with Gasteiger partial charge in [0, 0.05) is 0 Å². The number of nitrogens with zero attached hydrogens (tertiary/aromatic N) is 1. The van der Waals surface area contributed by atoms with E-state index in [9.17, 15) is 0 Å². The molecule has 0 aromatic heterocycles. The number of nitriles is 1. The number of rotatable bonds is 2. The molecular formula is C11H13NO. The first-order valence-corrected chi connectivity index (χ1v) is 4.27. The summed E-state index contributed by atoms with van der Waals surface area (Å²) in [4.78, 5) is 0. The summed E-state index contributed by atoms with van der Waals surface area (Å²) in [7, 11) is 1.65. The monoisotopic (exact) mass is 175 g/mol. The Bertz CT molecular complexity index is 336. The smallest absolute Gasteiger partial charge is 0.122 e. The van der Waals surface area contributed by atoms with Crippen LogP contribution in [0.2, 0.25) is 0 Å². The molecule has 0 radical (unpaired) electrons. The second kappa shape index (κ2) is 3.95. The number of benzene rings is 1. The fourth-order valence-electron chi connectivity index (χ4n) is 1.26. The molecule has 0 saturated heterocycles. The van der Waals surface area contributed by atoms with Crippen molar-refractivity contribution in [1.82, 2.24) is 0 Å². The Morgan fingerprint density at radius 3 is 2.54 bits per heavy atom. The largest absolute Gasteiger partial charge is 0.496 e. The molecule has 1 aromatic rings. The molecule has 0 fully saturated rings. The van der Waals surface area contributed by atoms with E-state index in [1.165, 1.54) is 0 Å². The molecule has 0 bridgehead atoms. The highest BCUT2D eigenvalue weighted by molar-refractivity contribution is 5.43. The van der Waals surface area contributed by atoms with Crippen LogP contribution in [-0.2, 0) is 0 Å². The Hall–Kier alpha value is -1.49. The third-order valence-electron chi connectivity index (χ3n) is 1.98. The van der Waals surface area contributed by atoms with Crippen LogP contribution in [0.5, 0.6) is 5.75 Å². The molecular weight excluding hydrogens is 162 g/mol. The first kappa shape index (κ1) is 9.60. The molecule has 0 spiro atoms. The van der Waals surface area contributed by atoms with Crippen LogP contribution in [-0.4, -0.2) is 7.11 Å². The van der Waals surface area contributed by atoms with Gasteiger partial charge in [-0.15, -0.1) is 0 Å². The van der Waals surface area contributed by atoms with Gasteiger partial charge in [0.25, 0.3) is 0 Å². The van der Waals surface area contributed by atoms with Crippen LogP contribution in [0.3, 0.4) is 0 Å². The van der Waals surface area contributed by atoms with Gasteiger partial charge in [-0.1, -0.05) is 13.8 Å². The molecule has 0 N–H and O–H groups in total. The molecule has 13 heavy (non-hydrogen) atoms. The summed E-state index contributed by atoms with van der Waals surface area (Å²) < 4.78 is 5.20. The summed E-state index contributed by atoms with van der Waals surface area (Å²) in [6.45, 7) is 4.16. The van der Waals surface area contributed by atoms with Crippen molar-refractivity contribution in [3.8, 4) is 11.8 Å². The first-order valence-electron chi connectivity index (χ1n) is 4.27. The lowest BCUT2D eigenvalue weighted by Crippen LogP contribution is -1.94. The maximum Gasteiger partial charge on any atom is 0.122 e. The summed E-state index contributed by atoms with van der Waals surface area (Å²) in [5.41, 5.74) is 1.77. The van der Waals surface area contributed by atoms with Gasteiger partial charge in [-0.25, -0.2) is 0 Å². The molecule has 0 aliphatic heterocycles. The lowest BCUT2D eigenvalue weighted by atomic mass is 10.00. The van der Waals surface area contributed by atoms with Gasteiger partial charge in [0.2, 0.25) is 0 Å². The van der Waals surface area contributed by atoms with Crippen molar-refractivity contribution < 1.29 is 4.74 Å². The van der Waals surface area contributed by atoms with Gasteiger partial charge in [0.15, 0.2) is 0 Å². The zero-order valence-electron chi connectivity index (χ0n) is 8.16. The molecule has 0 aliphatic carbocycles. The second-order valence-electron chi connectivity index (χ2n) is 3.22. The lowest BCUT2D eigenvalue weighted by molar-refractivity contribution is 0.407. The van der Waals surface area contributed by atoms with Crippen molar-refractivity contribution in [1.29, 1.82) is 5.26 Å². The molecule has 2 nitrogen and oxygen atoms in total. The van der Waals surface area contributed by atoms with Crippen LogP contribution in [0.25, 0.3) is 0 Å².